The zero-order chi connectivity index (χ0) is 21.0. The second-order valence-corrected chi connectivity index (χ2v) is 10.5. The van der Waals surface area contributed by atoms with E-state index in [1.54, 1.807) is 17.4 Å². The van der Waals surface area contributed by atoms with Crippen LogP contribution in [-0.2, 0) is 9.59 Å². The van der Waals surface area contributed by atoms with E-state index in [1.807, 2.05) is 19.1 Å². The number of nitrogens with zero attached hydrogens (tertiary/aromatic N) is 2. The number of rotatable bonds is 3. The average molecular weight is 415 g/mol. The van der Waals surface area contributed by atoms with Gasteiger partial charge in [-0.1, -0.05) is 20.8 Å². The predicted octanol–water partition coefficient (Wildman–Crippen LogP) is 3.68. The van der Waals surface area contributed by atoms with E-state index in [0.29, 0.717) is 24.4 Å². The lowest BCUT2D eigenvalue weighted by atomic mass is 9.64. The minimum atomic E-state index is -0.891. The molecule has 1 aromatic carbocycles. The van der Waals surface area contributed by atoms with Crippen LogP contribution < -0.4 is 10.6 Å². The van der Waals surface area contributed by atoms with E-state index in [4.69, 9.17) is 0 Å². The van der Waals surface area contributed by atoms with Gasteiger partial charge in [0.25, 0.3) is 5.91 Å². The molecule has 1 saturated carbocycles. The molecule has 1 aliphatic heterocycles. The number of anilines is 1. The van der Waals surface area contributed by atoms with Crippen LogP contribution in [0.15, 0.2) is 18.2 Å². The smallest absolute Gasteiger partial charge is 0.324 e. The number of fused-ring (bicyclic) bond motifs is 1. The average Bonchev–Trinajstić information content (AvgIpc) is 3.04. The molecule has 1 aromatic heterocycles. The van der Waals surface area contributed by atoms with E-state index in [2.05, 4.69) is 36.4 Å². The number of benzene rings is 1. The Hall–Kier alpha value is -2.48. The largest absolute Gasteiger partial charge is 0.325 e. The van der Waals surface area contributed by atoms with Crippen LogP contribution in [0.5, 0.6) is 0 Å². The van der Waals surface area contributed by atoms with Gasteiger partial charge in [-0.2, -0.15) is 0 Å². The molecule has 2 heterocycles. The van der Waals surface area contributed by atoms with E-state index < -0.39 is 17.5 Å². The summed E-state index contributed by atoms with van der Waals surface area (Å²) < 4.78 is 0.979. The summed E-state index contributed by atoms with van der Waals surface area (Å²) in [6.45, 7) is 7.99. The maximum atomic E-state index is 13.1. The molecule has 0 unspecified atom stereocenters. The van der Waals surface area contributed by atoms with Crippen LogP contribution in [0.25, 0.3) is 10.2 Å². The molecular formula is C21H26N4O3S. The molecule has 8 heteroatoms. The highest BCUT2D eigenvalue weighted by molar-refractivity contribution is 7.18. The first-order valence-electron chi connectivity index (χ1n) is 9.88. The lowest BCUT2D eigenvalue weighted by Gasteiger charge is -2.43. The molecule has 1 aliphatic carbocycles. The fourth-order valence-electron chi connectivity index (χ4n) is 5.11. The molecule has 7 nitrogen and oxygen atoms in total. The van der Waals surface area contributed by atoms with Crippen molar-refractivity contribution < 1.29 is 14.4 Å². The number of hydrogen-bond acceptors (Lipinski definition) is 5. The van der Waals surface area contributed by atoms with Crippen LogP contribution in [0.4, 0.5) is 10.5 Å². The van der Waals surface area contributed by atoms with Crippen LogP contribution in [0, 0.1) is 18.3 Å². The number of urea groups is 1. The Kier molecular flexibility index (Phi) is 4.64. The Morgan fingerprint density at radius 1 is 1.34 bits per heavy atom. The van der Waals surface area contributed by atoms with Crippen molar-refractivity contribution in [2.75, 3.05) is 11.9 Å². The zero-order valence-electron chi connectivity index (χ0n) is 17.2. The van der Waals surface area contributed by atoms with Crippen molar-refractivity contribution in [3.8, 4) is 0 Å². The van der Waals surface area contributed by atoms with Gasteiger partial charge in [0.15, 0.2) is 0 Å². The Balaban J connectivity index is 1.47. The number of aromatic nitrogens is 1. The summed E-state index contributed by atoms with van der Waals surface area (Å²) in [4.78, 5) is 43.7. The number of carbonyl (C=O) groups excluding carboxylic acids is 3. The first-order chi connectivity index (χ1) is 13.6. The molecule has 2 N–H and O–H groups in total. The molecule has 154 valence electrons. The SMILES string of the molecule is Cc1nc2ccc(NC(=O)CN3C(=O)N[C@]4(C[C@H](C)CC(C)(C)C4)C3=O)cc2s1. The van der Waals surface area contributed by atoms with Gasteiger partial charge < -0.3 is 10.6 Å². The Labute approximate surface area is 173 Å². The van der Waals surface area contributed by atoms with Crippen LogP contribution in [0.2, 0.25) is 0 Å². The van der Waals surface area contributed by atoms with Gasteiger partial charge in [-0.05, 0) is 55.7 Å². The topological polar surface area (TPSA) is 91.4 Å². The second kappa shape index (κ2) is 6.79. The molecule has 4 rings (SSSR count). The third-order valence-corrected chi connectivity index (χ3v) is 6.64. The van der Waals surface area contributed by atoms with Crippen LogP contribution in [-0.4, -0.2) is 39.8 Å². The molecule has 0 bridgehead atoms. The number of imide groups is 1. The maximum absolute atomic E-state index is 13.1. The van der Waals surface area contributed by atoms with E-state index in [-0.39, 0.29) is 17.9 Å². The van der Waals surface area contributed by atoms with Gasteiger partial charge in [-0.15, -0.1) is 11.3 Å². The number of carbonyl (C=O) groups is 3. The number of amides is 4. The number of nitrogens with one attached hydrogen (secondary N) is 2. The fourth-order valence-corrected chi connectivity index (χ4v) is 5.98. The predicted molar refractivity (Wildman–Crippen MR) is 113 cm³/mol. The van der Waals surface area contributed by atoms with E-state index in [0.717, 1.165) is 26.5 Å². The molecule has 2 aliphatic rings. The standard InChI is InChI=1S/C21H26N4O3S/c1-12-8-20(3,4)11-21(9-12)18(27)25(19(28)24-21)10-17(26)23-14-5-6-15-16(7-14)29-13(2)22-15/h5-7,12H,8-11H2,1-4H3,(H,23,26)(H,24,28)/t12-,21+/m1/s1. The lowest BCUT2D eigenvalue weighted by molar-refractivity contribution is -0.136. The quantitative estimate of drug-likeness (QED) is 0.750. The highest BCUT2D eigenvalue weighted by Gasteiger charge is 2.56. The van der Waals surface area contributed by atoms with Gasteiger partial charge in [-0.25, -0.2) is 9.78 Å². The van der Waals surface area contributed by atoms with E-state index in [1.165, 1.54) is 0 Å². The summed E-state index contributed by atoms with van der Waals surface area (Å²) in [5.74, 6) is -0.355. The van der Waals surface area contributed by atoms with Crippen molar-refractivity contribution in [3.05, 3.63) is 23.2 Å². The third-order valence-electron chi connectivity index (χ3n) is 5.71. The monoisotopic (exact) mass is 414 g/mol. The summed E-state index contributed by atoms with van der Waals surface area (Å²) in [7, 11) is 0. The highest BCUT2D eigenvalue weighted by Crippen LogP contribution is 2.46. The Morgan fingerprint density at radius 2 is 2.10 bits per heavy atom. The van der Waals surface area contributed by atoms with E-state index in [9.17, 15) is 14.4 Å². The Bertz CT molecular complexity index is 1010. The summed E-state index contributed by atoms with van der Waals surface area (Å²) in [6, 6.07) is 5.00. The summed E-state index contributed by atoms with van der Waals surface area (Å²) in [6.07, 6.45) is 2.22. The third kappa shape index (κ3) is 3.73. The van der Waals surface area contributed by atoms with Gasteiger partial charge in [0.2, 0.25) is 5.91 Å². The zero-order valence-corrected chi connectivity index (χ0v) is 18.0. The lowest BCUT2D eigenvalue weighted by Crippen LogP contribution is -2.54. The van der Waals surface area contributed by atoms with Crippen LogP contribution >= 0.6 is 11.3 Å². The van der Waals surface area contributed by atoms with Crippen LogP contribution in [0.1, 0.15) is 45.0 Å². The Morgan fingerprint density at radius 3 is 2.83 bits per heavy atom. The number of thiazole rings is 1. The van der Waals surface area contributed by atoms with Gasteiger partial charge in [-0.3, -0.25) is 14.5 Å². The molecule has 2 atom stereocenters. The molecule has 1 saturated heterocycles. The van der Waals surface area contributed by atoms with Crippen molar-refractivity contribution >= 4 is 45.1 Å². The van der Waals surface area contributed by atoms with Crippen molar-refractivity contribution in [2.45, 2.75) is 52.5 Å². The molecule has 2 fully saturated rings. The molecular weight excluding hydrogens is 388 g/mol. The van der Waals surface area contributed by atoms with Crippen molar-refractivity contribution in [3.63, 3.8) is 0 Å². The minimum Gasteiger partial charge on any atom is -0.324 e. The van der Waals surface area contributed by atoms with Gasteiger partial charge in [0.1, 0.15) is 12.1 Å². The molecule has 2 aromatic rings. The molecule has 1 spiro atoms. The first kappa shape index (κ1) is 19.8. The van der Waals surface area contributed by atoms with Gasteiger partial charge in [0.05, 0.1) is 15.2 Å². The normalized spacial score (nSPS) is 26.2. The second-order valence-electron chi connectivity index (χ2n) is 9.22. The van der Waals surface area contributed by atoms with Gasteiger partial charge >= 0.3 is 6.03 Å². The minimum absolute atomic E-state index is 0.0405. The van der Waals surface area contributed by atoms with Crippen molar-refractivity contribution in [1.82, 2.24) is 15.2 Å². The summed E-state index contributed by atoms with van der Waals surface area (Å²) in [5, 5.41) is 6.65. The number of hydrogen-bond donors (Lipinski definition) is 2. The molecule has 0 radical (unpaired) electrons. The molecule has 4 amide bonds. The molecule has 29 heavy (non-hydrogen) atoms. The van der Waals surface area contributed by atoms with Gasteiger partial charge in [0, 0.05) is 5.69 Å². The van der Waals surface area contributed by atoms with Crippen molar-refractivity contribution in [1.29, 1.82) is 0 Å². The summed E-state index contributed by atoms with van der Waals surface area (Å²) >= 11 is 1.55. The maximum Gasteiger partial charge on any atom is 0.325 e. The summed E-state index contributed by atoms with van der Waals surface area (Å²) in [5.41, 5.74) is 0.578. The number of aryl methyl sites for hydroxylation is 1. The van der Waals surface area contributed by atoms with Crippen molar-refractivity contribution in [2.24, 2.45) is 11.3 Å². The fraction of sp³-hybridized carbons (Fsp3) is 0.524. The van der Waals surface area contributed by atoms with Crippen LogP contribution in [0.3, 0.4) is 0 Å². The highest BCUT2D eigenvalue weighted by atomic mass is 32.1. The first-order valence-corrected chi connectivity index (χ1v) is 10.7. The van der Waals surface area contributed by atoms with E-state index >= 15 is 0 Å².